The van der Waals surface area contributed by atoms with Crippen molar-refractivity contribution in [3.05, 3.63) is 30.3 Å². The normalized spacial score (nSPS) is 14.9. The summed E-state index contributed by atoms with van der Waals surface area (Å²) in [5.41, 5.74) is 5.63. The van der Waals surface area contributed by atoms with E-state index in [9.17, 15) is 4.79 Å². The summed E-state index contributed by atoms with van der Waals surface area (Å²) in [5.74, 6) is 1.26. The monoisotopic (exact) mass is 314 g/mol. The number of hydrogen-bond acceptors (Lipinski definition) is 4. The van der Waals surface area contributed by atoms with E-state index in [1.165, 1.54) is 0 Å². The first kappa shape index (κ1) is 17.8. The van der Waals surface area contributed by atoms with Crippen LogP contribution >= 0.6 is 12.4 Å². The Bertz CT molecular complexity index is 413. The summed E-state index contributed by atoms with van der Waals surface area (Å²) < 4.78 is 10.7. The first-order valence-electron chi connectivity index (χ1n) is 7.04. The van der Waals surface area contributed by atoms with Crippen molar-refractivity contribution in [2.24, 2.45) is 11.7 Å². The van der Waals surface area contributed by atoms with Crippen LogP contribution in [0.4, 0.5) is 0 Å². The first-order chi connectivity index (χ1) is 9.79. The lowest BCUT2D eigenvalue weighted by Gasteiger charge is -2.15. The lowest BCUT2D eigenvalue weighted by molar-refractivity contribution is -0.126. The number of benzene rings is 1. The summed E-state index contributed by atoms with van der Waals surface area (Å²) in [7, 11) is 0. The molecule has 0 heterocycles. The molecule has 0 bridgehead atoms. The fourth-order valence-electron chi connectivity index (χ4n) is 2.02. The van der Waals surface area contributed by atoms with Crippen molar-refractivity contribution in [3.63, 3.8) is 0 Å². The SMILES string of the molecule is Cl.NCC(NC(=O)COCCOc1ccccc1)C1CC1. The Hall–Kier alpha value is -1.30. The summed E-state index contributed by atoms with van der Waals surface area (Å²) in [4.78, 5) is 11.6. The van der Waals surface area contributed by atoms with Gasteiger partial charge in [-0.15, -0.1) is 12.4 Å². The lowest BCUT2D eigenvalue weighted by atomic mass is 10.2. The molecule has 2 rings (SSSR count). The minimum Gasteiger partial charge on any atom is -0.491 e. The number of nitrogens with one attached hydrogen (secondary N) is 1. The Balaban J connectivity index is 0.00000220. The van der Waals surface area contributed by atoms with E-state index in [2.05, 4.69) is 5.32 Å². The van der Waals surface area contributed by atoms with Gasteiger partial charge in [0, 0.05) is 12.6 Å². The maximum absolute atomic E-state index is 11.6. The molecule has 1 amide bonds. The zero-order chi connectivity index (χ0) is 14.2. The molecule has 0 aromatic heterocycles. The number of amides is 1. The molecule has 1 aliphatic rings. The molecule has 0 radical (unpaired) electrons. The molecule has 1 aromatic rings. The van der Waals surface area contributed by atoms with Gasteiger partial charge in [-0.2, -0.15) is 0 Å². The number of ether oxygens (including phenoxy) is 2. The van der Waals surface area contributed by atoms with Crippen LogP contribution in [0.5, 0.6) is 5.75 Å². The molecular formula is C15H23ClN2O3. The molecular weight excluding hydrogens is 292 g/mol. The van der Waals surface area contributed by atoms with Crippen molar-refractivity contribution in [1.29, 1.82) is 0 Å². The second-order valence-corrected chi connectivity index (χ2v) is 4.96. The van der Waals surface area contributed by atoms with Crippen LogP contribution in [0, 0.1) is 5.92 Å². The second-order valence-electron chi connectivity index (χ2n) is 4.96. The molecule has 21 heavy (non-hydrogen) atoms. The van der Waals surface area contributed by atoms with Gasteiger partial charge in [0.1, 0.15) is 19.0 Å². The van der Waals surface area contributed by atoms with Gasteiger partial charge in [-0.25, -0.2) is 0 Å². The largest absolute Gasteiger partial charge is 0.491 e. The molecule has 0 spiro atoms. The van der Waals surface area contributed by atoms with Crippen molar-refractivity contribution < 1.29 is 14.3 Å². The van der Waals surface area contributed by atoms with Gasteiger partial charge >= 0.3 is 0 Å². The van der Waals surface area contributed by atoms with Crippen LogP contribution < -0.4 is 15.8 Å². The minimum absolute atomic E-state index is 0. The van der Waals surface area contributed by atoms with Crippen LogP contribution in [0.2, 0.25) is 0 Å². The summed E-state index contributed by atoms with van der Waals surface area (Å²) in [6, 6.07) is 9.62. The predicted octanol–water partition coefficient (Wildman–Crippen LogP) is 1.36. The molecule has 0 aliphatic heterocycles. The van der Waals surface area contributed by atoms with Crippen molar-refractivity contribution in [2.75, 3.05) is 26.4 Å². The van der Waals surface area contributed by atoms with Crippen LogP contribution in [0.1, 0.15) is 12.8 Å². The van der Waals surface area contributed by atoms with Crippen molar-refractivity contribution in [1.82, 2.24) is 5.32 Å². The van der Waals surface area contributed by atoms with Gasteiger partial charge in [-0.3, -0.25) is 4.79 Å². The summed E-state index contributed by atoms with van der Waals surface area (Å²) in [6.07, 6.45) is 2.32. The predicted molar refractivity (Wildman–Crippen MR) is 83.7 cm³/mol. The van der Waals surface area contributed by atoms with Crippen molar-refractivity contribution in [2.45, 2.75) is 18.9 Å². The van der Waals surface area contributed by atoms with E-state index >= 15 is 0 Å². The maximum atomic E-state index is 11.6. The highest BCUT2D eigenvalue weighted by atomic mass is 35.5. The molecule has 1 aromatic carbocycles. The van der Waals surface area contributed by atoms with E-state index < -0.39 is 0 Å². The zero-order valence-corrected chi connectivity index (χ0v) is 12.8. The van der Waals surface area contributed by atoms with Crippen molar-refractivity contribution in [3.8, 4) is 5.75 Å². The second kappa shape index (κ2) is 9.60. The maximum Gasteiger partial charge on any atom is 0.246 e. The summed E-state index contributed by atoms with van der Waals surface area (Å²) >= 11 is 0. The van der Waals surface area contributed by atoms with E-state index in [0.717, 1.165) is 18.6 Å². The van der Waals surface area contributed by atoms with Crippen LogP contribution in [-0.4, -0.2) is 38.3 Å². The molecule has 1 aliphatic carbocycles. The number of nitrogens with two attached hydrogens (primary N) is 1. The Morgan fingerprint density at radius 2 is 2.00 bits per heavy atom. The molecule has 1 saturated carbocycles. The van der Waals surface area contributed by atoms with E-state index in [0.29, 0.717) is 25.7 Å². The third-order valence-corrected chi connectivity index (χ3v) is 3.26. The third-order valence-electron chi connectivity index (χ3n) is 3.26. The van der Waals surface area contributed by atoms with Crippen LogP contribution in [0.15, 0.2) is 30.3 Å². The Kier molecular flexibility index (Phi) is 8.12. The van der Waals surface area contributed by atoms with E-state index in [4.69, 9.17) is 15.2 Å². The van der Waals surface area contributed by atoms with Gasteiger partial charge in [0.2, 0.25) is 5.91 Å². The topological polar surface area (TPSA) is 73.6 Å². The van der Waals surface area contributed by atoms with E-state index in [1.54, 1.807) is 0 Å². The highest BCUT2D eigenvalue weighted by Crippen LogP contribution is 2.32. The van der Waals surface area contributed by atoms with Gasteiger partial charge in [0.25, 0.3) is 0 Å². The quantitative estimate of drug-likeness (QED) is 0.675. The van der Waals surface area contributed by atoms with Gasteiger partial charge in [-0.1, -0.05) is 18.2 Å². The van der Waals surface area contributed by atoms with Crippen LogP contribution in [0.25, 0.3) is 0 Å². The number of carbonyl (C=O) groups is 1. The molecule has 0 saturated heterocycles. The number of carbonyl (C=O) groups excluding carboxylic acids is 1. The minimum atomic E-state index is -0.105. The van der Waals surface area contributed by atoms with E-state index in [-0.39, 0.29) is 31.0 Å². The van der Waals surface area contributed by atoms with Gasteiger partial charge in [-0.05, 0) is 30.9 Å². The number of halogens is 1. The van der Waals surface area contributed by atoms with Crippen LogP contribution in [0.3, 0.4) is 0 Å². The van der Waals surface area contributed by atoms with Gasteiger partial charge < -0.3 is 20.5 Å². The molecule has 1 fully saturated rings. The van der Waals surface area contributed by atoms with Crippen LogP contribution in [-0.2, 0) is 9.53 Å². The van der Waals surface area contributed by atoms with Crippen molar-refractivity contribution >= 4 is 18.3 Å². The summed E-state index contributed by atoms with van der Waals surface area (Å²) in [6.45, 7) is 1.37. The molecule has 6 heteroatoms. The number of para-hydroxylation sites is 1. The van der Waals surface area contributed by atoms with Gasteiger partial charge in [0.15, 0.2) is 0 Å². The highest BCUT2D eigenvalue weighted by molar-refractivity contribution is 5.85. The fraction of sp³-hybridized carbons (Fsp3) is 0.533. The summed E-state index contributed by atoms with van der Waals surface area (Å²) in [5, 5.41) is 2.91. The molecule has 1 unspecified atom stereocenters. The van der Waals surface area contributed by atoms with E-state index in [1.807, 2.05) is 30.3 Å². The molecule has 118 valence electrons. The molecule has 5 nitrogen and oxygen atoms in total. The van der Waals surface area contributed by atoms with Gasteiger partial charge in [0.05, 0.1) is 6.61 Å². The Labute approximate surface area is 131 Å². The third kappa shape index (κ3) is 6.80. The standard InChI is InChI=1S/C15H22N2O3.ClH/c16-10-14(12-6-7-12)17-15(18)11-19-8-9-20-13-4-2-1-3-5-13;/h1-5,12,14H,6-11,16H2,(H,17,18);1H. The fourth-order valence-corrected chi connectivity index (χ4v) is 2.02. The molecule has 1 atom stereocenters. The Morgan fingerprint density at radius 3 is 2.62 bits per heavy atom. The zero-order valence-electron chi connectivity index (χ0n) is 12.0. The smallest absolute Gasteiger partial charge is 0.246 e. The lowest BCUT2D eigenvalue weighted by Crippen LogP contribution is -2.43. The average Bonchev–Trinajstić information content (AvgIpc) is 3.30. The first-order valence-corrected chi connectivity index (χ1v) is 7.04. The molecule has 3 N–H and O–H groups in total. The number of hydrogen-bond donors (Lipinski definition) is 2. The average molecular weight is 315 g/mol. The Morgan fingerprint density at radius 1 is 1.29 bits per heavy atom. The highest BCUT2D eigenvalue weighted by Gasteiger charge is 2.31. The number of rotatable bonds is 9.